The highest BCUT2D eigenvalue weighted by atomic mass is 16.5. The zero-order valence-corrected chi connectivity index (χ0v) is 20.3. The fraction of sp³-hybridized carbons (Fsp3) is 0.462. The number of nitrogens with zero attached hydrogens (tertiary/aromatic N) is 2. The first-order chi connectivity index (χ1) is 16.4. The molecule has 1 atom stereocenters. The molecule has 0 radical (unpaired) electrons. The number of primary amides is 1. The standard InChI is InChI=1S/C26H37N5O3/c1-30-10-12-31(13-11-30)18-19-4-7-21(8-5-19)22-9-6-20(16-23(25(27)28)26(29)32)17-24(22)34-15-3-14-33-2/h4-9,17,23H,3,10-16,18H2,1-2H3,(H3,27,28)(H2,29,32). The van der Waals surface area contributed by atoms with E-state index in [2.05, 4.69) is 41.1 Å². The van der Waals surface area contributed by atoms with Crippen LogP contribution in [0.3, 0.4) is 0 Å². The van der Waals surface area contributed by atoms with Gasteiger partial charge in [-0.05, 0) is 36.2 Å². The van der Waals surface area contributed by atoms with E-state index in [4.69, 9.17) is 26.4 Å². The molecule has 0 spiro atoms. The second kappa shape index (κ2) is 12.5. The summed E-state index contributed by atoms with van der Waals surface area (Å²) in [6.07, 6.45) is 1.03. The predicted octanol–water partition coefficient (Wildman–Crippen LogP) is 2.10. The van der Waals surface area contributed by atoms with Gasteiger partial charge in [0.15, 0.2) is 0 Å². The third kappa shape index (κ3) is 7.28. The van der Waals surface area contributed by atoms with Gasteiger partial charge < -0.3 is 25.8 Å². The largest absolute Gasteiger partial charge is 0.493 e. The highest BCUT2D eigenvalue weighted by Gasteiger charge is 2.20. The molecule has 34 heavy (non-hydrogen) atoms. The number of carbonyl (C=O) groups excluding carboxylic acids is 1. The minimum atomic E-state index is -0.832. The van der Waals surface area contributed by atoms with Crippen LogP contribution in [0.2, 0.25) is 0 Å². The number of carbonyl (C=O) groups is 1. The van der Waals surface area contributed by atoms with E-state index in [0.29, 0.717) is 13.2 Å². The monoisotopic (exact) mass is 467 g/mol. The molecular weight excluding hydrogens is 430 g/mol. The number of amides is 1. The number of methoxy groups -OCH3 is 1. The van der Waals surface area contributed by atoms with Crippen LogP contribution in [0.15, 0.2) is 42.5 Å². The van der Waals surface area contributed by atoms with E-state index in [1.165, 1.54) is 5.56 Å². The number of piperazine rings is 1. The van der Waals surface area contributed by atoms with E-state index >= 15 is 0 Å². The molecule has 1 amide bonds. The summed E-state index contributed by atoms with van der Waals surface area (Å²) in [5.41, 5.74) is 15.2. The Hall–Kier alpha value is -2.94. The summed E-state index contributed by atoms with van der Waals surface area (Å²) in [6, 6.07) is 14.5. The molecule has 1 aliphatic heterocycles. The summed E-state index contributed by atoms with van der Waals surface area (Å²) >= 11 is 0. The minimum absolute atomic E-state index is 0.227. The van der Waals surface area contributed by atoms with Crippen LogP contribution in [0.25, 0.3) is 11.1 Å². The molecular formula is C26H37N5O3. The molecule has 2 aromatic rings. The summed E-state index contributed by atoms with van der Waals surface area (Å²) in [5.74, 6) is -0.932. The van der Waals surface area contributed by atoms with Crippen molar-refractivity contribution in [2.24, 2.45) is 17.4 Å². The number of nitrogens with two attached hydrogens (primary N) is 2. The van der Waals surface area contributed by atoms with Crippen molar-refractivity contribution >= 4 is 11.7 Å². The highest BCUT2D eigenvalue weighted by Crippen LogP contribution is 2.32. The van der Waals surface area contributed by atoms with E-state index in [0.717, 1.165) is 61.6 Å². The molecule has 184 valence electrons. The Balaban J connectivity index is 1.78. The fourth-order valence-corrected chi connectivity index (χ4v) is 4.09. The molecule has 0 aromatic heterocycles. The summed E-state index contributed by atoms with van der Waals surface area (Å²) in [6.45, 7) is 6.47. The van der Waals surface area contributed by atoms with Gasteiger partial charge in [0.25, 0.3) is 0 Å². The molecule has 0 aliphatic carbocycles. The van der Waals surface area contributed by atoms with Gasteiger partial charge in [0, 0.05) is 58.4 Å². The Kier molecular flexibility index (Phi) is 9.44. The lowest BCUT2D eigenvalue weighted by Crippen LogP contribution is -2.43. The zero-order chi connectivity index (χ0) is 24.5. The average molecular weight is 468 g/mol. The van der Waals surface area contributed by atoms with Crippen LogP contribution in [-0.4, -0.2) is 75.1 Å². The van der Waals surface area contributed by atoms with Gasteiger partial charge in [-0.2, -0.15) is 0 Å². The predicted molar refractivity (Wildman–Crippen MR) is 135 cm³/mol. The molecule has 1 unspecified atom stereocenters. The number of hydrogen-bond donors (Lipinski definition) is 3. The topological polar surface area (TPSA) is 118 Å². The van der Waals surface area contributed by atoms with Gasteiger partial charge in [0.1, 0.15) is 11.6 Å². The molecule has 3 rings (SSSR count). The zero-order valence-electron chi connectivity index (χ0n) is 20.3. The smallest absolute Gasteiger partial charge is 0.228 e. The van der Waals surface area contributed by atoms with Crippen LogP contribution in [-0.2, 0) is 22.5 Å². The number of benzene rings is 2. The van der Waals surface area contributed by atoms with Gasteiger partial charge in [-0.3, -0.25) is 15.1 Å². The average Bonchev–Trinajstić information content (AvgIpc) is 2.82. The lowest BCUT2D eigenvalue weighted by molar-refractivity contribution is -0.119. The molecule has 8 nitrogen and oxygen atoms in total. The molecule has 8 heteroatoms. The summed E-state index contributed by atoms with van der Waals surface area (Å²) in [7, 11) is 3.84. The molecule has 1 aliphatic rings. The molecule has 1 heterocycles. The van der Waals surface area contributed by atoms with Crippen molar-refractivity contribution in [2.45, 2.75) is 19.4 Å². The summed E-state index contributed by atoms with van der Waals surface area (Å²) in [5, 5.41) is 7.67. The minimum Gasteiger partial charge on any atom is -0.493 e. The van der Waals surface area contributed by atoms with Crippen molar-refractivity contribution in [3.8, 4) is 16.9 Å². The first-order valence-corrected chi connectivity index (χ1v) is 11.8. The number of rotatable bonds is 12. The maximum absolute atomic E-state index is 11.7. The molecule has 0 saturated carbocycles. The normalized spacial score (nSPS) is 15.7. The van der Waals surface area contributed by atoms with Gasteiger partial charge in [-0.25, -0.2) is 0 Å². The van der Waals surface area contributed by atoms with Crippen molar-refractivity contribution in [3.05, 3.63) is 53.6 Å². The number of amidine groups is 1. The van der Waals surface area contributed by atoms with Crippen molar-refractivity contribution in [2.75, 3.05) is 53.6 Å². The van der Waals surface area contributed by atoms with Gasteiger partial charge in [0.05, 0.1) is 12.5 Å². The lowest BCUT2D eigenvalue weighted by Gasteiger charge is -2.32. The van der Waals surface area contributed by atoms with Crippen LogP contribution in [0, 0.1) is 11.3 Å². The number of ether oxygens (including phenoxy) is 2. The quantitative estimate of drug-likeness (QED) is 0.250. The highest BCUT2D eigenvalue weighted by molar-refractivity contribution is 6.00. The van der Waals surface area contributed by atoms with E-state index < -0.39 is 11.8 Å². The number of likely N-dealkylation sites (N-methyl/N-ethyl adjacent to an activating group) is 1. The lowest BCUT2D eigenvalue weighted by atomic mass is 9.95. The first kappa shape index (κ1) is 25.7. The fourth-order valence-electron chi connectivity index (χ4n) is 4.09. The number of hydrogen-bond acceptors (Lipinski definition) is 6. The van der Waals surface area contributed by atoms with Crippen molar-refractivity contribution in [1.82, 2.24) is 9.80 Å². The first-order valence-electron chi connectivity index (χ1n) is 11.8. The third-order valence-corrected chi connectivity index (χ3v) is 6.22. The Morgan fingerprint density at radius 2 is 1.71 bits per heavy atom. The van der Waals surface area contributed by atoms with Crippen LogP contribution in [0.4, 0.5) is 0 Å². The van der Waals surface area contributed by atoms with Gasteiger partial charge in [0.2, 0.25) is 5.91 Å². The second-order valence-corrected chi connectivity index (χ2v) is 8.92. The van der Waals surface area contributed by atoms with E-state index in [9.17, 15) is 4.79 Å². The Morgan fingerprint density at radius 1 is 1.03 bits per heavy atom. The molecule has 1 fully saturated rings. The molecule has 1 saturated heterocycles. The third-order valence-electron chi connectivity index (χ3n) is 6.22. The van der Waals surface area contributed by atoms with Crippen molar-refractivity contribution in [3.63, 3.8) is 0 Å². The Labute approximate surface area is 202 Å². The maximum Gasteiger partial charge on any atom is 0.228 e. The van der Waals surface area contributed by atoms with E-state index in [1.807, 2.05) is 18.2 Å². The van der Waals surface area contributed by atoms with Gasteiger partial charge in [-0.15, -0.1) is 0 Å². The molecule has 0 bridgehead atoms. The summed E-state index contributed by atoms with van der Waals surface area (Å²) < 4.78 is 11.2. The van der Waals surface area contributed by atoms with Crippen LogP contribution in [0.1, 0.15) is 17.5 Å². The Bertz CT molecular complexity index is 941. The second-order valence-electron chi connectivity index (χ2n) is 8.92. The van der Waals surface area contributed by atoms with Crippen molar-refractivity contribution in [1.29, 1.82) is 5.41 Å². The van der Waals surface area contributed by atoms with E-state index in [-0.39, 0.29) is 12.3 Å². The van der Waals surface area contributed by atoms with Crippen LogP contribution in [0.5, 0.6) is 5.75 Å². The van der Waals surface area contributed by atoms with Gasteiger partial charge >= 0.3 is 0 Å². The van der Waals surface area contributed by atoms with Crippen molar-refractivity contribution < 1.29 is 14.3 Å². The molecule has 5 N–H and O–H groups in total. The summed E-state index contributed by atoms with van der Waals surface area (Å²) in [4.78, 5) is 16.5. The van der Waals surface area contributed by atoms with Crippen LogP contribution >= 0.6 is 0 Å². The molecule has 2 aromatic carbocycles. The van der Waals surface area contributed by atoms with Gasteiger partial charge in [-0.1, -0.05) is 36.4 Å². The maximum atomic E-state index is 11.7. The number of nitrogens with one attached hydrogen (secondary N) is 1. The Morgan fingerprint density at radius 3 is 2.32 bits per heavy atom. The van der Waals surface area contributed by atoms with Crippen LogP contribution < -0.4 is 16.2 Å². The SMILES string of the molecule is COCCCOc1cc(CC(C(=N)N)C(N)=O)ccc1-c1ccc(CN2CCN(C)CC2)cc1. The van der Waals surface area contributed by atoms with E-state index in [1.54, 1.807) is 7.11 Å².